The molecule has 0 saturated carbocycles. The molecule has 7 heteroatoms. The molecular weight excluding hydrogens is 410 g/mol. The Balaban J connectivity index is 1.50. The fourth-order valence-electron chi connectivity index (χ4n) is 3.73. The van der Waals surface area contributed by atoms with E-state index in [-0.39, 0.29) is 10.8 Å². The van der Waals surface area contributed by atoms with Crippen LogP contribution < -0.4 is 9.62 Å². The third-order valence-corrected chi connectivity index (χ3v) is 6.96. The summed E-state index contributed by atoms with van der Waals surface area (Å²) in [6.45, 7) is 4.38. The van der Waals surface area contributed by atoms with Crippen molar-refractivity contribution >= 4 is 27.3 Å². The smallest absolute Gasteiger partial charge is 0.262 e. The van der Waals surface area contributed by atoms with Gasteiger partial charge in [0.1, 0.15) is 0 Å². The van der Waals surface area contributed by atoms with E-state index in [9.17, 15) is 13.2 Å². The van der Waals surface area contributed by atoms with Crippen LogP contribution in [-0.4, -0.2) is 45.4 Å². The van der Waals surface area contributed by atoms with Gasteiger partial charge >= 0.3 is 0 Å². The number of anilines is 2. The highest BCUT2D eigenvalue weighted by atomic mass is 32.2. The van der Waals surface area contributed by atoms with Crippen LogP contribution in [0.1, 0.15) is 15.9 Å². The van der Waals surface area contributed by atoms with Gasteiger partial charge in [-0.3, -0.25) is 9.52 Å². The minimum Gasteiger partial charge on any atom is -0.368 e. The molecule has 160 valence electrons. The number of rotatable bonds is 5. The molecule has 1 heterocycles. The van der Waals surface area contributed by atoms with Gasteiger partial charge in [0.2, 0.25) is 0 Å². The quantitative estimate of drug-likeness (QED) is 0.663. The van der Waals surface area contributed by atoms with Crippen molar-refractivity contribution in [3.8, 4) is 0 Å². The number of amides is 1. The lowest BCUT2D eigenvalue weighted by Crippen LogP contribution is -2.48. The monoisotopic (exact) mass is 435 g/mol. The SMILES string of the molecule is Cc1ccc(C(=O)N2CCN(c3ccccc3)CC2)cc1S(=O)(=O)Nc1ccccc1. The van der Waals surface area contributed by atoms with E-state index in [1.807, 2.05) is 24.3 Å². The number of piperazine rings is 1. The molecule has 1 amide bonds. The number of hydrogen-bond acceptors (Lipinski definition) is 4. The van der Waals surface area contributed by atoms with Gasteiger partial charge in [0.25, 0.3) is 15.9 Å². The summed E-state index contributed by atoms with van der Waals surface area (Å²) in [4.78, 5) is 17.2. The number of nitrogens with one attached hydrogen (secondary N) is 1. The van der Waals surface area contributed by atoms with Crippen LogP contribution in [0.3, 0.4) is 0 Å². The van der Waals surface area contributed by atoms with Crippen LogP contribution in [-0.2, 0) is 10.0 Å². The van der Waals surface area contributed by atoms with Crippen LogP contribution in [0, 0.1) is 6.92 Å². The minimum atomic E-state index is -3.80. The summed E-state index contributed by atoms with van der Waals surface area (Å²) >= 11 is 0. The van der Waals surface area contributed by atoms with Crippen molar-refractivity contribution in [2.45, 2.75) is 11.8 Å². The predicted octanol–water partition coefficient (Wildman–Crippen LogP) is 3.76. The number of sulfonamides is 1. The first-order chi connectivity index (χ1) is 14.9. The second-order valence-corrected chi connectivity index (χ2v) is 9.22. The van der Waals surface area contributed by atoms with Crippen molar-refractivity contribution in [1.29, 1.82) is 0 Å². The van der Waals surface area contributed by atoms with Crippen molar-refractivity contribution < 1.29 is 13.2 Å². The van der Waals surface area contributed by atoms with Crippen LogP contribution >= 0.6 is 0 Å². The minimum absolute atomic E-state index is 0.116. The van der Waals surface area contributed by atoms with Crippen LogP contribution in [0.25, 0.3) is 0 Å². The zero-order chi connectivity index (χ0) is 21.8. The van der Waals surface area contributed by atoms with Crippen molar-refractivity contribution in [3.63, 3.8) is 0 Å². The van der Waals surface area contributed by atoms with Gasteiger partial charge in [0.15, 0.2) is 0 Å². The summed E-state index contributed by atoms with van der Waals surface area (Å²) in [6, 6.07) is 23.7. The normalized spacial score (nSPS) is 14.4. The molecule has 0 aliphatic carbocycles. The zero-order valence-corrected chi connectivity index (χ0v) is 18.2. The Hall–Kier alpha value is -3.32. The maximum Gasteiger partial charge on any atom is 0.262 e. The van der Waals surface area contributed by atoms with Crippen molar-refractivity contribution in [2.75, 3.05) is 35.8 Å². The summed E-state index contributed by atoms with van der Waals surface area (Å²) in [7, 11) is -3.80. The Bertz CT molecular complexity index is 1160. The fraction of sp³-hybridized carbons (Fsp3) is 0.208. The lowest BCUT2D eigenvalue weighted by Gasteiger charge is -2.36. The van der Waals surface area contributed by atoms with E-state index in [2.05, 4.69) is 21.8 Å². The standard InChI is InChI=1S/C24H25N3O3S/c1-19-12-13-20(18-23(19)31(29,30)25-21-8-4-2-5-9-21)24(28)27-16-14-26(15-17-27)22-10-6-3-7-11-22/h2-13,18,25H,14-17H2,1H3. The Morgan fingerprint density at radius 1 is 0.839 bits per heavy atom. The van der Waals surface area contributed by atoms with E-state index in [0.29, 0.717) is 29.9 Å². The third kappa shape index (κ3) is 4.72. The van der Waals surface area contributed by atoms with Crippen LogP contribution in [0.5, 0.6) is 0 Å². The summed E-state index contributed by atoms with van der Waals surface area (Å²) < 4.78 is 28.4. The highest BCUT2D eigenvalue weighted by Gasteiger charge is 2.25. The molecule has 0 spiro atoms. The first-order valence-electron chi connectivity index (χ1n) is 10.2. The fourth-order valence-corrected chi connectivity index (χ4v) is 5.06. The maximum atomic E-state index is 13.1. The molecule has 6 nitrogen and oxygen atoms in total. The van der Waals surface area contributed by atoms with Crippen LogP contribution in [0.2, 0.25) is 0 Å². The van der Waals surface area contributed by atoms with Gasteiger partial charge in [-0.15, -0.1) is 0 Å². The highest BCUT2D eigenvalue weighted by molar-refractivity contribution is 7.92. The number of nitrogens with zero attached hydrogens (tertiary/aromatic N) is 2. The first kappa shape index (κ1) is 20.9. The topological polar surface area (TPSA) is 69.7 Å². The van der Waals surface area contributed by atoms with E-state index < -0.39 is 10.0 Å². The Morgan fingerprint density at radius 3 is 2.10 bits per heavy atom. The molecule has 1 fully saturated rings. The van der Waals surface area contributed by atoms with E-state index in [0.717, 1.165) is 18.8 Å². The molecule has 3 aromatic rings. The van der Waals surface area contributed by atoms with Crippen molar-refractivity contribution in [2.24, 2.45) is 0 Å². The molecule has 1 aliphatic heterocycles. The summed E-state index contributed by atoms with van der Waals surface area (Å²) in [5.41, 5.74) is 2.60. The van der Waals surface area contributed by atoms with Gasteiger partial charge in [-0.25, -0.2) is 8.42 Å². The maximum absolute atomic E-state index is 13.1. The molecule has 1 N–H and O–H groups in total. The largest absolute Gasteiger partial charge is 0.368 e. The molecular formula is C24H25N3O3S. The average molecular weight is 436 g/mol. The highest BCUT2D eigenvalue weighted by Crippen LogP contribution is 2.22. The van der Waals surface area contributed by atoms with Gasteiger partial charge in [-0.1, -0.05) is 42.5 Å². The molecule has 31 heavy (non-hydrogen) atoms. The number of carbonyl (C=O) groups is 1. The molecule has 3 aromatic carbocycles. The molecule has 4 rings (SSSR count). The van der Waals surface area contributed by atoms with E-state index in [1.165, 1.54) is 6.07 Å². The Kier molecular flexibility index (Phi) is 5.95. The first-order valence-corrected chi connectivity index (χ1v) is 11.7. The van der Waals surface area contributed by atoms with Gasteiger partial charge in [0.05, 0.1) is 4.90 Å². The van der Waals surface area contributed by atoms with Crippen LogP contribution in [0.15, 0.2) is 83.8 Å². The molecule has 1 aliphatic rings. The van der Waals surface area contributed by atoms with E-state index in [1.54, 1.807) is 48.2 Å². The van der Waals surface area contributed by atoms with Gasteiger partial charge in [0, 0.05) is 43.1 Å². The molecule has 0 unspecified atom stereocenters. The molecule has 1 saturated heterocycles. The second kappa shape index (κ2) is 8.81. The summed E-state index contributed by atoms with van der Waals surface area (Å²) in [5, 5.41) is 0. The van der Waals surface area contributed by atoms with Crippen LogP contribution in [0.4, 0.5) is 11.4 Å². The molecule has 0 atom stereocenters. The molecule has 0 aromatic heterocycles. The number of hydrogen-bond donors (Lipinski definition) is 1. The van der Waals surface area contributed by atoms with Crippen molar-refractivity contribution in [3.05, 3.63) is 90.0 Å². The number of para-hydroxylation sites is 2. The summed E-state index contributed by atoms with van der Waals surface area (Å²) in [5.74, 6) is -0.149. The zero-order valence-electron chi connectivity index (χ0n) is 17.4. The third-order valence-electron chi connectivity index (χ3n) is 5.44. The Morgan fingerprint density at radius 2 is 1.45 bits per heavy atom. The van der Waals surface area contributed by atoms with E-state index in [4.69, 9.17) is 0 Å². The summed E-state index contributed by atoms with van der Waals surface area (Å²) in [6.07, 6.45) is 0. The number of aryl methyl sites for hydroxylation is 1. The molecule has 0 bridgehead atoms. The van der Waals surface area contributed by atoms with E-state index >= 15 is 0 Å². The van der Waals surface area contributed by atoms with Gasteiger partial charge in [-0.05, 0) is 48.9 Å². The predicted molar refractivity (Wildman–Crippen MR) is 123 cm³/mol. The lowest BCUT2D eigenvalue weighted by molar-refractivity contribution is 0.0746. The number of benzene rings is 3. The van der Waals surface area contributed by atoms with Gasteiger partial charge in [-0.2, -0.15) is 0 Å². The number of carbonyl (C=O) groups excluding carboxylic acids is 1. The molecule has 0 radical (unpaired) electrons. The Labute approximate surface area is 183 Å². The lowest BCUT2D eigenvalue weighted by atomic mass is 10.1. The van der Waals surface area contributed by atoms with Crippen molar-refractivity contribution in [1.82, 2.24) is 4.90 Å². The van der Waals surface area contributed by atoms with Gasteiger partial charge < -0.3 is 9.80 Å². The second-order valence-electron chi connectivity index (χ2n) is 7.57. The average Bonchev–Trinajstić information content (AvgIpc) is 2.80.